The summed E-state index contributed by atoms with van der Waals surface area (Å²) in [6.07, 6.45) is 3.36. The van der Waals surface area contributed by atoms with Gasteiger partial charge in [0.05, 0.1) is 12.3 Å². The van der Waals surface area contributed by atoms with Crippen LogP contribution in [0.4, 0.5) is 0 Å². The molecule has 0 aliphatic heterocycles. The first kappa shape index (κ1) is 13.3. The van der Waals surface area contributed by atoms with Crippen LogP contribution in [-0.4, -0.2) is 26.9 Å². The minimum atomic E-state index is -0.432. The Morgan fingerprint density at radius 3 is 2.86 bits per heavy atom. The van der Waals surface area contributed by atoms with Crippen LogP contribution in [0, 0.1) is 6.92 Å². The molecule has 3 rings (SSSR count). The number of hydrogen-bond acceptors (Lipinski definition) is 4. The zero-order chi connectivity index (χ0) is 14.8. The number of ether oxygens (including phenoxy) is 1. The molecule has 5 heteroatoms. The first-order valence-electron chi connectivity index (χ1n) is 6.78. The van der Waals surface area contributed by atoms with Crippen LogP contribution in [0.1, 0.15) is 23.0 Å². The van der Waals surface area contributed by atoms with Gasteiger partial charge < -0.3 is 4.74 Å². The van der Waals surface area contributed by atoms with Gasteiger partial charge in [0.25, 0.3) is 0 Å². The Bertz CT molecular complexity index is 808. The minimum Gasteiger partial charge on any atom is -0.461 e. The largest absolute Gasteiger partial charge is 0.461 e. The van der Waals surface area contributed by atoms with Gasteiger partial charge >= 0.3 is 5.97 Å². The summed E-state index contributed by atoms with van der Waals surface area (Å²) in [5.41, 5.74) is 3.45. The first-order chi connectivity index (χ1) is 10.2. The Kier molecular flexibility index (Phi) is 3.39. The van der Waals surface area contributed by atoms with Gasteiger partial charge in [-0.1, -0.05) is 24.3 Å². The van der Waals surface area contributed by atoms with Crippen LogP contribution in [0.25, 0.3) is 17.0 Å². The van der Waals surface area contributed by atoms with Crippen LogP contribution in [-0.2, 0) is 4.74 Å². The molecule has 0 bridgehead atoms. The predicted octanol–water partition coefficient (Wildman–Crippen LogP) is 2.88. The molecule has 5 nitrogen and oxygen atoms in total. The molecule has 21 heavy (non-hydrogen) atoms. The third-order valence-electron chi connectivity index (χ3n) is 3.27. The maximum atomic E-state index is 11.8. The molecule has 0 radical (unpaired) electrons. The van der Waals surface area contributed by atoms with E-state index in [9.17, 15) is 4.79 Å². The van der Waals surface area contributed by atoms with E-state index in [1.54, 1.807) is 19.3 Å². The average Bonchev–Trinajstić information content (AvgIpc) is 2.92. The lowest BCUT2D eigenvalue weighted by Crippen LogP contribution is -2.04. The van der Waals surface area contributed by atoms with Crippen LogP contribution in [0.5, 0.6) is 0 Å². The molecule has 106 valence electrons. The van der Waals surface area contributed by atoms with Gasteiger partial charge in [-0.15, -0.1) is 0 Å². The molecular weight excluding hydrogens is 266 g/mol. The molecule has 3 aromatic rings. The van der Waals surface area contributed by atoms with Crippen LogP contribution in [0.2, 0.25) is 0 Å². The smallest absolute Gasteiger partial charge is 0.358 e. The van der Waals surface area contributed by atoms with E-state index >= 15 is 0 Å². The molecule has 0 aliphatic rings. The van der Waals surface area contributed by atoms with Crippen molar-refractivity contribution >= 4 is 11.7 Å². The van der Waals surface area contributed by atoms with Crippen molar-refractivity contribution in [3.63, 3.8) is 0 Å². The summed E-state index contributed by atoms with van der Waals surface area (Å²) in [5, 5.41) is 0. The maximum Gasteiger partial charge on any atom is 0.358 e. The van der Waals surface area contributed by atoms with Gasteiger partial charge in [0.2, 0.25) is 5.78 Å². The van der Waals surface area contributed by atoms with Crippen molar-refractivity contribution < 1.29 is 9.53 Å². The van der Waals surface area contributed by atoms with Crippen LogP contribution >= 0.6 is 0 Å². The molecule has 2 aromatic heterocycles. The molecule has 0 amide bonds. The highest BCUT2D eigenvalue weighted by Crippen LogP contribution is 2.23. The second-order valence-corrected chi connectivity index (χ2v) is 4.66. The van der Waals surface area contributed by atoms with E-state index in [2.05, 4.69) is 9.97 Å². The van der Waals surface area contributed by atoms with E-state index in [0.29, 0.717) is 12.4 Å². The van der Waals surface area contributed by atoms with E-state index in [4.69, 9.17) is 4.74 Å². The normalized spacial score (nSPS) is 10.8. The Morgan fingerprint density at radius 2 is 2.10 bits per heavy atom. The average molecular weight is 281 g/mol. The Hall–Kier alpha value is -2.69. The summed E-state index contributed by atoms with van der Waals surface area (Å²) < 4.78 is 6.80. The summed E-state index contributed by atoms with van der Waals surface area (Å²) >= 11 is 0. The number of carbonyl (C=O) groups excluding carboxylic acids is 1. The molecule has 0 unspecified atom stereocenters. The van der Waals surface area contributed by atoms with E-state index in [1.165, 1.54) is 0 Å². The molecule has 1 aromatic carbocycles. The van der Waals surface area contributed by atoms with Crippen molar-refractivity contribution in [2.75, 3.05) is 6.61 Å². The number of fused-ring (bicyclic) bond motifs is 1. The molecule has 0 fully saturated rings. The van der Waals surface area contributed by atoms with Crippen molar-refractivity contribution in [3.05, 3.63) is 54.0 Å². The molecule has 0 saturated carbocycles. The summed E-state index contributed by atoms with van der Waals surface area (Å²) in [6.45, 7) is 4.14. The van der Waals surface area contributed by atoms with Gasteiger partial charge in [-0.2, -0.15) is 0 Å². The number of carbonyl (C=O) groups is 1. The number of aromatic nitrogens is 3. The summed E-state index contributed by atoms with van der Waals surface area (Å²) in [4.78, 5) is 20.2. The molecular formula is C16H15N3O2. The highest BCUT2D eigenvalue weighted by Gasteiger charge is 2.15. The topological polar surface area (TPSA) is 56.5 Å². The third-order valence-corrected chi connectivity index (χ3v) is 3.27. The fourth-order valence-electron chi connectivity index (χ4n) is 2.28. The van der Waals surface area contributed by atoms with Crippen molar-refractivity contribution in [3.8, 4) is 11.3 Å². The highest BCUT2D eigenvalue weighted by atomic mass is 16.5. The second-order valence-electron chi connectivity index (χ2n) is 4.66. The standard InChI is InChI=1S/C16H15N3O2/c1-3-21-15(20)13-10-19-14(8-9-17-16(19)18-13)12-7-5-4-6-11(12)2/h4-10H,3H2,1-2H3. The van der Waals surface area contributed by atoms with E-state index in [-0.39, 0.29) is 5.69 Å². The van der Waals surface area contributed by atoms with E-state index in [0.717, 1.165) is 16.8 Å². The number of aryl methyl sites for hydroxylation is 1. The fraction of sp³-hybridized carbons (Fsp3) is 0.188. The van der Waals surface area contributed by atoms with E-state index < -0.39 is 5.97 Å². The SMILES string of the molecule is CCOC(=O)c1cn2c(-c3ccccc3C)ccnc2n1. The number of rotatable bonds is 3. The lowest BCUT2D eigenvalue weighted by atomic mass is 10.1. The first-order valence-corrected chi connectivity index (χ1v) is 6.78. The van der Waals surface area contributed by atoms with Crippen molar-refractivity contribution in [1.29, 1.82) is 0 Å². The zero-order valence-electron chi connectivity index (χ0n) is 11.9. The Balaban J connectivity index is 2.17. The maximum absolute atomic E-state index is 11.8. The number of esters is 1. The molecule has 0 N–H and O–H groups in total. The lowest BCUT2D eigenvalue weighted by Gasteiger charge is -2.07. The minimum absolute atomic E-state index is 0.269. The van der Waals surface area contributed by atoms with Gasteiger partial charge in [0, 0.05) is 18.0 Å². The summed E-state index contributed by atoms with van der Waals surface area (Å²) in [7, 11) is 0. The van der Waals surface area contributed by atoms with Gasteiger partial charge in [-0.05, 0) is 25.5 Å². The molecule has 0 saturated heterocycles. The van der Waals surface area contributed by atoms with Crippen LogP contribution in [0.15, 0.2) is 42.7 Å². The van der Waals surface area contributed by atoms with Crippen LogP contribution < -0.4 is 0 Å². The molecule has 0 atom stereocenters. The quantitative estimate of drug-likeness (QED) is 0.693. The van der Waals surface area contributed by atoms with Gasteiger partial charge in [0.1, 0.15) is 0 Å². The van der Waals surface area contributed by atoms with Crippen molar-refractivity contribution in [2.24, 2.45) is 0 Å². The van der Waals surface area contributed by atoms with Gasteiger partial charge in [-0.3, -0.25) is 4.40 Å². The Morgan fingerprint density at radius 1 is 1.29 bits per heavy atom. The van der Waals surface area contributed by atoms with Gasteiger partial charge in [0.15, 0.2) is 5.69 Å². The second kappa shape index (κ2) is 5.36. The number of imidazole rings is 1. The number of benzene rings is 1. The number of nitrogens with zero attached hydrogens (tertiary/aromatic N) is 3. The molecule has 0 spiro atoms. The zero-order valence-corrected chi connectivity index (χ0v) is 11.9. The molecule has 0 aliphatic carbocycles. The monoisotopic (exact) mass is 281 g/mol. The predicted molar refractivity (Wildman–Crippen MR) is 79.1 cm³/mol. The van der Waals surface area contributed by atoms with Crippen LogP contribution in [0.3, 0.4) is 0 Å². The van der Waals surface area contributed by atoms with Gasteiger partial charge in [-0.25, -0.2) is 14.8 Å². The Labute approximate surface area is 122 Å². The summed E-state index contributed by atoms with van der Waals surface area (Å²) in [6, 6.07) is 9.97. The molecule has 2 heterocycles. The van der Waals surface area contributed by atoms with Crippen molar-refractivity contribution in [2.45, 2.75) is 13.8 Å². The van der Waals surface area contributed by atoms with E-state index in [1.807, 2.05) is 41.7 Å². The number of hydrogen-bond donors (Lipinski definition) is 0. The third kappa shape index (κ3) is 2.38. The lowest BCUT2D eigenvalue weighted by molar-refractivity contribution is 0.0520. The highest BCUT2D eigenvalue weighted by molar-refractivity contribution is 5.88. The van der Waals surface area contributed by atoms with Crippen molar-refractivity contribution in [1.82, 2.24) is 14.4 Å². The fourth-order valence-corrected chi connectivity index (χ4v) is 2.28. The summed E-state index contributed by atoms with van der Waals surface area (Å²) in [5.74, 6) is 0.0533.